The van der Waals surface area contributed by atoms with Crippen molar-refractivity contribution in [2.24, 2.45) is 23.2 Å². The van der Waals surface area contributed by atoms with Crippen molar-refractivity contribution in [3.05, 3.63) is 17.7 Å². The highest BCUT2D eigenvalue weighted by Crippen LogP contribution is 2.61. The van der Waals surface area contributed by atoms with E-state index >= 15 is 0 Å². The lowest BCUT2D eigenvalue weighted by molar-refractivity contribution is -0.125. The van der Waals surface area contributed by atoms with Gasteiger partial charge in [-0.2, -0.15) is 0 Å². The van der Waals surface area contributed by atoms with Crippen LogP contribution in [-0.4, -0.2) is 33.3 Å². The summed E-state index contributed by atoms with van der Waals surface area (Å²) in [5, 5.41) is 3.34. The minimum atomic E-state index is 0.0671. The van der Waals surface area contributed by atoms with Gasteiger partial charge in [0.25, 0.3) is 0 Å². The highest BCUT2D eigenvalue weighted by molar-refractivity contribution is 5.79. The summed E-state index contributed by atoms with van der Waals surface area (Å²) in [6.07, 6.45) is 8.47. The molecule has 154 valence electrons. The number of carbonyl (C=O) groups excluding carboxylic acids is 1. The lowest BCUT2D eigenvalue weighted by Gasteiger charge is -2.59. The molecule has 4 aliphatic carbocycles. The van der Waals surface area contributed by atoms with Crippen molar-refractivity contribution in [3.8, 4) is 17.2 Å². The van der Waals surface area contributed by atoms with Crippen LogP contribution in [-0.2, 0) is 11.2 Å². The fourth-order valence-corrected chi connectivity index (χ4v) is 6.58. The van der Waals surface area contributed by atoms with Crippen LogP contribution in [0, 0.1) is 23.2 Å². The maximum Gasteiger partial charge on any atom is 0.224 e. The molecule has 1 aromatic carbocycles. The van der Waals surface area contributed by atoms with Gasteiger partial charge in [0, 0.05) is 6.04 Å². The standard InChI is InChI=1S/C23H33NO4/c1-14(23-11-16-5-17(12-23)7-18(6-16)13-23)24-21(25)10-15-8-19(26-2)22(28-4)20(9-15)27-3/h8-9,14,16-18H,5-7,10-13H2,1-4H3,(H,24,25). The van der Waals surface area contributed by atoms with Crippen molar-refractivity contribution >= 4 is 5.91 Å². The molecule has 1 amide bonds. The van der Waals surface area contributed by atoms with E-state index in [0.29, 0.717) is 29.1 Å². The molecule has 0 aliphatic heterocycles. The Morgan fingerprint density at radius 1 is 1.00 bits per heavy atom. The summed E-state index contributed by atoms with van der Waals surface area (Å²) in [6.45, 7) is 2.22. The van der Waals surface area contributed by atoms with Gasteiger partial charge in [0.2, 0.25) is 11.7 Å². The normalized spacial score (nSPS) is 31.4. The van der Waals surface area contributed by atoms with Crippen LogP contribution in [0.3, 0.4) is 0 Å². The van der Waals surface area contributed by atoms with Gasteiger partial charge in [-0.1, -0.05) is 0 Å². The number of hydrogen-bond acceptors (Lipinski definition) is 4. The van der Waals surface area contributed by atoms with E-state index < -0.39 is 0 Å². The Kier molecular flexibility index (Phi) is 5.19. The van der Waals surface area contributed by atoms with Crippen molar-refractivity contribution in [3.63, 3.8) is 0 Å². The first-order valence-corrected chi connectivity index (χ1v) is 10.5. The summed E-state index contributed by atoms with van der Waals surface area (Å²) in [7, 11) is 4.77. The maximum absolute atomic E-state index is 12.8. The summed E-state index contributed by atoms with van der Waals surface area (Å²) in [5.74, 6) is 4.45. The van der Waals surface area contributed by atoms with E-state index in [-0.39, 0.29) is 11.9 Å². The van der Waals surface area contributed by atoms with E-state index in [2.05, 4.69) is 12.2 Å². The molecule has 5 nitrogen and oxygen atoms in total. The van der Waals surface area contributed by atoms with Crippen LogP contribution in [0.4, 0.5) is 0 Å². The fraction of sp³-hybridized carbons (Fsp3) is 0.696. The molecule has 0 heterocycles. The van der Waals surface area contributed by atoms with Crippen molar-refractivity contribution in [2.75, 3.05) is 21.3 Å². The van der Waals surface area contributed by atoms with Crippen molar-refractivity contribution < 1.29 is 19.0 Å². The zero-order valence-electron chi connectivity index (χ0n) is 17.5. The lowest BCUT2D eigenvalue weighted by atomic mass is 9.48. The molecule has 0 spiro atoms. The van der Waals surface area contributed by atoms with Crippen LogP contribution >= 0.6 is 0 Å². The molecule has 28 heavy (non-hydrogen) atoms. The van der Waals surface area contributed by atoms with Crippen molar-refractivity contribution in [2.45, 2.75) is 57.9 Å². The second-order valence-corrected chi connectivity index (χ2v) is 9.28. The monoisotopic (exact) mass is 387 g/mol. The van der Waals surface area contributed by atoms with Crippen molar-refractivity contribution in [1.82, 2.24) is 5.32 Å². The predicted molar refractivity (Wildman–Crippen MR) is 108 cm³/mol. The van der Waals surface area contributed by atoms with Gasteiger partial charge in [0.1, 0.15) is 0 Å². The first-order chi connectivity index (χ1) is 13.5. The summed E-state index contributed by atoms with van der Waals surface area (Å²) >= 11 is 0. The van der Waals surface area contributed by atoms with Gasteiger partial charge in [-0.05, 0) is 86.3 Å². The highest BCUT2D eigenvalue weighted by Gasteiger charge is 2.53. The molecule has 1 N–H and O–H groups in total. The van der Waals surface area contributed by atoms with Gasteiger partial charge >= 0.3 is 0 Å². The van der Waals surface area contributed by atoms with Crippen molar-refractivity contribution in [1.29, 1.82) is 0 Å². The molecule has 1 unspecified atom stereocenters. The number of amides is 1. The third-order valence-electron chi connectivity index (χ3n) is 7.47. The second-order valence-electron chi connectivity index (χ2n) is 9.28. The largest absolute Gasteiger partial charge is 0.493 e. The van der Waals surface area contributed by atoms with Crippen LogP contribution in [0.5, 0.6) is 17.2 Å². The van der Waals surface area contributed by atoms with Crippen LogP contribution in [0.15, 0.2) is 12.1 Å². The second kappa shape index (κ2) is 7.49. The molecule has 4 bridgehead atoms. The molecule has 5 heteroatoms. The van der Waals surface area contributed by atoms with Gasteiger partial charge in [0.15, 0.2) is 11.5 Å². The molecule has 0 radical (unpaired) electrons. The molecule has 0 saturated heterocycles. The molecular weight excluding hydrogens is 354 g/mol. The van der Waals surface area contributed by atoms with Crippen LogP contribution in [0.25, 0.3) is 0 Å². The number of ether oxygens (including phenoxy) is 3. The SMILES string of the molecule is COc1cc(CC(=O)NC(C)C23CC4CC(CC(C4)C2)C3)cc(OC)c1OC. The van der Waals surface area contributed by atoms with Gasteiger partial charge in [-0.3, -0.25) is 4.79 Å². The van der Waals surface area contributed by atoms with E-state index in [0.717, 1.165) is 23.3 Å². The molecule has 1 atom stereocenters. The van der Waals surface area contributed by atoms with E-state index in [9.17, 15) is 4.79 Å². The average Bonchev–Trinajstić information content (AvgIpc) is 2.65. The van der Waals surface area contributed by atoms with E-state index in [1.54, 1.807) is 21.3 Å². The maximum atomic E-state index is 12.8. The molecule has 4 saturated carbocycles. The zero-order chi connectivity index (χ0) is 19.9. The zero-order valence-corrected chi connectivity index (χ0v) is 17.5. The topological polar surface area (TPSA) is 56.8 Å². The third-order valence-corrected chi connectivity index (χ3v) is 7.47. The van der Waals surface area contributed by atoms with E-state index in [1.165, 1.54) is 38.5 Å². The Labute approximate surface area is 168 Å². The molecule has 4 fully saturated rings. The smallest absolute Gasteiger partial charge is 0.224 e. The predicted octanol–water partition coefficient (Wildman–Crippen LogP) is 3.98. The molecule has 4 aliphatic rings. The van der Waals surface area contributed by atoms with E-state index in [1.807, 2.05) is 12.1 Å². The number of rotatable bonds is 7. The number of carbonyl (C=O) groups is 1. The Morgan fingerprint density at radius 3 is 1.93 bits per heavy atom. The number of nitrogens with one attached hydrogen (secondary N) is 1. The van der Waals surface area contributed by atoms with E-state index in [4.69, 9.17) is 14.2 Å². The van der Waals surface area contributed by atoms with Crippen LogP contribution in [0.1, 0.15) is 51.0 Å². The van der Waals surface area contributed by atoms with Gasteiger partial charge in [-0.25, -0.2) is 0 Å². The number of hydrogen-bond donors (Lipinski definition) is 1. The van der Waals surface area contributed by atoms with Gasteiger partial charge in [0.05, 0.1) is 27.8 Å². The highest BCUT2D eigenvalue weighted by atomic mass is 16.5. The molecule has 1 aromatic rings. The van der Waals surface area contributed by atoms with Crippen LogP contribution in [0.2, 0.25) is 0 Å². The summed E-state index contributed by atoms with van der Waals surface area (Å²) in [5.41, 5.74) is 1.18. The Balaban J connectivity index is 1.45. The summed E-state index contributed by atoms with van der Waals surface area (Å²) in [4.78, 5) is 12.8. The minimum Gasteiger partial charge on any atom is -0.493 e. The Morgan fingerprint density at radius 2 is 1.50 bits per heavy atom. The number of benzene rings is 1. The molecular formula is C23H33NO4. The minimum absolute atomic E-state index is 0.0671. The van der Waals surface area contributed by atoms with Crippen LogP contribution < -0.4 is 19.5 Å². The first-order valence-electron chi connectivity index (χ1n) is 10.5. The third kappa shape index (κ3) is 3.44. The quantitative estimate of drug-likeness (QED) is 0.769. The lowest BCUT2D eigenvalue weighted by Crippen LogP contribution is -2.56. The Hall–Kier alpha value is -1.91. The summed E-state index contributed by atoms with van der Waals surface area (Å²) in [6, 6.07) is 3.95. The summed E-state index contributed by atoms with van der Waals surface area (Å²) < 4.78 is 16.2. The van der Waals surface area contributed by atoms with Gasteiger partial charge < -0.3 is 19.5 Å². The Bertz CT molecular complexity index is 684. The first kappa shape index (κ1) is 19.4. The molecule has 5 rings (SSSR count). The van der Waals surface area contributed by atoms with Gasteiger partial charge in [-0.15, -0.1) is 0 Å². The average molecular weight is 388 g/mol. The molecule has 0 aromatic heterocycles. The fourth-order valence-electron chi connectivity index (χ4n) is 6.58. The number of methoxy groups -OCH3 is 3.